The molecule has 0 bridgehead atoms. The molecule has 0 aliphatic heterocycles. The topological polar surface area (TPSA) is 86.6 Å². The Kier molecular flexibility index (Phi) is 7.28. The van der Waals surface area contributed by atoms with Gasteiger partial charge >= 0.3 is 0 Å². The van der Waals surface area contributed by atoms with Crippen LogP contribution in [0.5, 0.6) is 0 Å². The van der Waals surface area contributed by atoms with Crippen molar-refractivity contribution in [3.8, 4) is 11.1 Å². The number of rotatable bonds is 8. The van der Waals surface area contributed by atoms with Gasteiger partial charge in [0.25, 0.3) is 5.91 Å². The smallest absolute Gasteiger partial charge is 0.251 e. The van der Waals surface area contributed by atoms with Crippen LogP contribution in [0.25, 0.3) is 11.1 Å². The molecule has 0 aliphatic rings. The van der Waals surface area contributed by atoms with Gasteiger partial charge in [0.1, 0.15) is 12.6 Å². The monoisotopic (exact) mass is 369 g/mol. The SMILES string of the molecule is CCc1ccc(-c2ccc(C(=O)NC(C(=O)CO)C(O)C(C)C)cc2)cc1. The third-order valence-electron chi connectivity index (χ3n) is 4.66. The van der Waals surface area contributed by atoms with Crippen molar-refractivity contribution >= 4 is 11.7 Å². The minimum atomic E-state index is -1.14. The van der Waals surface area contributed by atoms with E-state index in [2.05, 4.69) is 24.4 Å². The van der Waals surface area contributed by atoms with Crippen LogP contribution in [-0.2, 0) is 11.2 Å². The Morgan fingerprint density at radius 1 is 0.963 bits per heavy atom. The van der Waals surface area contributed by atoms with E-state index in [-0.39, 0.29) is 5.92 Å². The molecule has 2 aromatic rings. The highest BCUT2D eigenvalue weighted by molar-refractivity contribution is 5.98. The molecule has 0 saturated carbocycles. The molecule has 0 heterocycles. The fourth-order valence-electron chi connectivity index (χ4n) is 2.81. The maximum absolute atomic E-state index is 12.5. The summed E-state index contributed by atoms with van der Waals surface area (Å²) in [6, 6.07) is 14.2. The second-order valence-corrected chi connectivity index (χ2v) is 6.94. The van der Waals surface area contributed by atoms with E-state index in [0.717, 1.165) is 17.5 Å². The first-order chi connectivity index (χ1) is 12.9. The number of aryl methyl sites for hydroxylation is 1. The average molecular weight is 369 g/mol. The largest absolute Gasteiger partial charge is 0.390 e. The van der Waals surface area contributed by atoms with E-state index in [4.69, 9.17) is 5.11 Å². The van der Waals surface area contributed by atoms with Crippen LogP contribution in [0.15, 0.2) is 48.5 Å². The van der Waals surface area contributed by atoms with E-state index in [0.29, 0.717) is 5.56 Å². The molecule has 5 nitrogen and oxygen atoms in total. The zero-order chi connectivity index (χ0) is 20.0. The van der Waals surface area contributed by atoms with E-state index in [1.807, 2.05) is 24.3 Å². The van der Waals surface area contributed by atoms with Crippen molar-refractivity contribution in [3.05, 3.63) is 59.7 Å². The third kappa shape index (κ3) is 5.25. The summed E-state index contributed by atoms with van der Waals surface area (Å²) in [4.78, 5) is 24.4. The lowest BCUT2D eigenvalue weighted by Gasteiger charge is -2.25. The molecule has 2 atom stereocenters. The second kappa shape index (κ2) is 9.44. The van der Waals surface area contributed by atoms with Gasteiger partial charge in [0.2, 0.25) is 0 Å². The molecule has 2 unspecified atom stereocenters. The lowest BCUT2D eigenvalue weighted by Crippen LogP contribution is -2.51. The average Bonchev–Trinajstić information content (AvgIpc) is 2.70. The van der Waals surface area contributed by atoms with Gasteiger partial charge in [-0.25, -0.2) is 0 Å². The van der Waals surface area contributed by atoms with Crippen molar-refractivity contribution in [2.24, 2.45) is 5.92 Å². The third-order valence-corrected chi connectivity index (χ3v) is 4.66. The van der Waals surface area contributed by atoms with Gasteiger partial charge in [-0.3, -0.25) is 9.59 Å². The first-order valence-corrected chi connectivity index (χ1v) is 9.19. The molecule has 5 heteroatoms. The second-order valence-electron chi connectivity index (χ2n) is 6.94. The fraction of sp³-hybridized carbons (Fsp3) is 0.364. The lowest BCUT2D eigenvalue weighted by atomic mass is 9.96. The Hall–Kier alpha value is -2.50. The zero-order valence-corrected chi connectivity index (χ0v) is 16.0. The van der Waals surface area contributed by atoms with Crippen LogP contribution in [0.3, 0.4) is 0 Å². The number of nitrogens with one attached hydrogen (secondary N) is 1. The number of ketones is 1. The highest BCUT2D eigenvalue weighted by Gasteiger charge is 2.30. The van der Waals surface area contributed by atoms with Crippen molar-refractivity contribution in [2.75, 3.05) is 6.61 Å². The van der Waals surface area contributed by atoms with Crippen LogP contribution in [0, 0.1) is 5.92 Å². The molecular weight excluding hydrogens is 342 g/mol. The molecule has 0 aliphatic carbocycles. The highest BCUT2D eigenvalue weighted by Crippen LogP contribution is 2.21. The van der Waals surface area contributed by atoms with Crippen LogP contribution < -0.4 is 5.32 Å². The van der Waals surface area contributed by atoms with Crippen LogP contribution in [0.2, 0.25) is 0 Å². The standard InChI is InChI=1S/C22H27NO4/c1-4-15-5-7-16(8-6-15)17-9-11-18(12-10-17)22(27)23-20(19(25)13-24)21(26)14(2)3/h5-12,14,20-21,24,26H,4,13H2,1-3H3,(H,23,27). The van der Waals surface area contributed by atoms with Gasteiger partial charge in [-0.2, -0.15) is 0 Å². The van der Waals surface area contributed by atoms with Crippen molar-refractivity contribution in [2.45, 2.75) is 39.3 Å². The maximum atomic E-state index is 12.5. The number of carbonyl (C=O) groups excluding carboxylic acids is 2. The number of hydrogen-bond acceptors (Lipinski definition) is 4. The van der Waals surface area contributed by atoms with E-state index in [1.54, 1.807) is 26.0 Å². The number of aliphatic hydroxyl groups excluding tert-OH is 2. The normalized spacial score (nSPS) is 13.3. The van der Waals surface area contributed by atoms with E-state index >= 15 is 0 Å². The number of Topliss-reactive ketones (excluding diaryl/α,β-unsaturated/α-hetero) is 1. The zero-order valence-electron chi connectivity index (χ0n) is 16.0. The molecule has 1 amide bonds. The summed E-state index contributed by atoms with van der Waals surface area (Å²) in [6.45, 7) is 4.86. The number of aliphatic hydroxyl groups is 2. The Balaban J connectivity index is 2.14. The molecule has 0 aromatic heterocycles. The number of hydrogen-bond donors (Lipinski definition) is 3. The molecule has 2 aromatic carbocycles. The van der Waals surface area contributed by atoms with Crippen LogP contribution >= 0.6 is 0 Å². The Bertz CT molecular complexity index is 766. The van der Waals surface area contributed by atoms with Crippen LogP contribution in [0.4, 0.5) is 0 Å². The van der Waals surface area contributed by atoms with Gasteiger partial charge in [-0.05, 0) is 41.2 Å². The first-order valence-electron chi connectivity index (χ1n) is 9.19. The minimum Gasteiger partial charge on any atom is -0.390 e. The number of amides is 1. The maximum Gasteiger partial charge on any atom is 0.251 e. The van der Waals surface area contributed by atoms with Crippen LogP contribution in [-0.4, -0.2) is 40.7 Å². The summed E-state index contributed by atoms with van der Waals surface area (Å²) in [5, 5.41) is 21.8. The molecule has 0 saturated heterocycles. The molecule has 27 heavy (non-hydrogen) atoms. The quantitative estimate of drug-likeness (QED) is 0.667. The highest BCUT2D eigenvalue weighted by atomic mass is 16.3. The molecule has 0 spiro atoms. The molecule has 2 rings (SSSR count). The van der Waals surface area contributed by atoms with Gasteiger partial charge in [0.15, 0.2) is 5.78 Å². The van der Waals surface area contributed by atoms with E-state index in [9.17, 15) is 14.7 Å². The molecule has 3 N–H and O–H groups in total. The lowest BCUT2D eigenvalue weighted by molar-refractivity contribution is -0.127. The predicted molar refractivity (Wildman–Crippen MR) is 105 cm³/mol. The molecule has 0 radical (unpaired) electrons. The Morgan fingerprint density at radius 2 is 1.48 bits per heavy atom. The van der Waals surface area contributed by atoms with Gasteiger partial charge in [0, 0.05) is 5.56 Å². The first kappa shape index (κ1) is 20.8. The summed E-state index contributed by atoms with van der Waals surface area (Å²) >= 11 is 0. The summed E-state index contributed by atoms with van der Waals surface area (Å²) in [5.41, 5.74) is 3.69. The molecule has 0 fully saturated rings. The van der Waals surface area contributed by atoms with E-state index in [1.165, 1.54) is 5.56 Å². The van der Waals surface area contributed by atoms with Crippen LogP contribution in [0.1, 0.15) is 36.7 Å². The van der Waals surface area contributed by atoms with Gasteiger partial charge in [-0.1, -0.05) is 57.2 Å². The molecule has 144 valence electrons. The number of benzene rings is 2. The van der Waals surface area contributed by atoms with Crippen molar-refractivity contribution in [1.29, 1.82) is 0 Å². The Labute approximate surface area is 160 Å². The number of carbonyl (C=O) groups is 2. The van der Waals surface area contributed by atoms with Gasteiger partial charge < -0.3 is 15.5 Å². The summed E-state index contributed by atoms with van der Waals surface area (Å²) in [7, 11) is 0. The minimum absolute atomic E-state index is 0.237. The Morgan fingerprint density at radius 3 is 1.93 bits per heavy atom. The predicted octanol–water partition coefficient (Wildman–Crippen LogP) is 2.59. The van der Waals surface area contributed by atoms with Gasteiger partial charge in [0.05, 0.1) is 6.10 Å². The summed E-state index contributed by atoms with van der Waals surface area (Å²) in [6.07, 6.45) is -0.0834. The van der Waals surface area contributed by atoms with Gasteiger partial charge in [-0.15, -0.1) is 0 Å². The van der Waals surface area contributed by atoms with Crippen molar-refractivity contribution in [3.63, 3.8) is 0 Å². The van der Waals surface area contributed by atoms with E-state index < -0.39 is 30.4 Å². The fourth-order valence-corrected chi connectivity index (χ4v) is 2.81. The van der Waals surface area contributed by atoms with Crippen molar-refractivity contribution < 1.29 is 19.8 Å². The van der Waals surface area contributed by atoms with Crippen molar-refractivity contribution in [1.82, 2.24) is 5.32 Å². The summed E-state index contributed by atoms with van der Waals surface area (Å²) < 4.78 is 0. The molecular formula is C22H27NO4. The summed E-state index contributed by atoms with van der Waals surface area (Å²) in [5.74, 6) is -1.31.